The summed E-state index contributed by atoms with van der Waals surface area (Å²) < 4.78 is 5.97. The molecule has 2 bridgehead atoms. The van der Waals surface area contributed by atoms with Crippen LogP contribution in [0.15, 0.2) is 60.8 Å². The van der Waals surface area contributed by atoms with Crippen molar-refractivity contribution in [3.05, 3.63) is 71.9 Å². The number of hydrogen-bond acceptors (Lipinski definition) is 4. The number of para-hydroxylation sites is 1. The van der Waals surface area contributed by atoms with Gasteiger partial charge in [-0.25, -0.2) is 0 Å². The van der Waals surface area contributed by atoms with Gasteiger partial charge in [-0.1, -0.05) is 36.8 Å². The van der Waals surface area contributed by atoms with E-state index in [-0.39, 0.29) is 5.91 Å². The molecule has 2 aliphatic rings. The molecule has 3 aromatic rings. The molecule has 2 fully saturated rings. The second kappa shape index (κ2) is 9.12. The molecule has 0 spiro atoms. The number of amides is 1. The predicted octanol–water partition coefficient (Wildman–Crippen LogP) is 4.11. The molecule has 5 rings (SSSR count). The normalized spacial score (nSPS) is 21.3. The summed E-state index contributed by atoms with van der Waals surface area (Å²) in [6.07, 6.45) is 6.87. The number of carbonyl (C=O) groups excluding carboxylic acids is 1. The first-order valence-electron chi connectivity index (χ1n) is 11.1. The minimum atomic E-state index is -0.229. The van der Waals surface area contributed by atoms with Crippen molar-refractivity contribution in [2.75, 3.05) is 0 Å². The van der Waals surface area contributed by atoms with Crippen molar-refractivity contribution in [2.45, 2.75) is 38.3 Å². The summed E-state index contributed by atoms with van der Waals surface area (Å²) in [7, 11) is 0. The first kappa shape index (κ1) is 20.7. The molecule has 0 radical (unpaired) electrons. The lowest BCUT2D eigenvalue weighted by molar-refractivity contribution is 0.0943. The van der Waals surface area contributed by atoms with Crippen LogP contribution < -0.4 is 20.9 Å². The van der Waals surface area contributed by atoms with Gasteiger partial charge in [0.05, 0.1) is 0 Å². The summed E-state index contributed by atoms with van der Waals surface area (Å²) in [5.74, 6) is 2.07. The van der Waals surface area contributed by atoms with Gasteiger partial charge in [0, 0.05) is 23.2 Å². The number of nitrogens with one attached hydrogen (secondary N) is 3. The Labute approximate surface area is 192 Å². The number of hydrogen-bond donors (Lipinski definition) is 3. The van der Waals surface area contributed by atoms with E-state index in [4.69, 9.17) is 17.0 Å². The van der Waals surface area contributed by atoms with E-state index >= 15 is 0 Å². The maximum atomic E-state index is 12.5. The summed E-state index contributed by atoms with van der Waals surface area (Å²) in [6, 6.07) is 17.6. The predicted molar refractivity (Wildman–Crippen MR) is 128 cm³/mol. The van der Waals surface area contributed by atoms with Crippen molar-refractivity contribution >= 4 is 34.1 Å². The molecule has 2 aromatic carbocycles. The molecule has 2 saturated carbocycles. The lowest BCUT2D eigenvalue weighted by Gasteiger charge is -2.24. The molecule has 32 heavy (non-hydrogen) atoms. The molecular weight excluding hydrogens is 420 g/mol. The Morgan fingerprint density at radius 1 is 1.03 bits per heavy atom. The van der Waals surface area contributed by atoms with E-state index in [1.807, 2.05) is 42.5 Å². The van der Waals surface area contributed by atoms with Gasteiger partial charge in [-0.05, 0) is 73.1 Å². The first-order valence-corrected chi connectivity index (χ1v) is 11.5. The summed E-state index contributed by atoms with van der Waals surface area (Å²) in [5.41, 5.74) is 7.88. The molecular formula is C25H26N4O2S. The molecule has 0 unspecified atom stereocenters. The van der Waals surface area contributed by atoms with Gasteiger partial charge in [-0.2, -0.15) is 0 Å². The third-order valence-corrected chi connectivity index (χ3v) is 6.77. The zero-order valence-electron chi connectivity index (χ0n) is 17.7. The van der Waals surface area contributed by atoms with Crippen LogP contribution in [0.4, 0.5) is 0 Å². The van der Waals surface area contributed by atoms with Crippen LogP contribution in [0.5, 0.6) is 5.75 Å². The van der Waals surface area contributed by atoms with Crippen molar-refractivity contribution < 1.29 is 9.53 Å². The number of benzene rings is 2. The third-order valence-electron chi connectivity index (χ3n) is 6.55. The standard InChI is InChI=1S/C25H26N4O2S/c30-24(28-29-25(32)27-21-14-17-8-11-20(21)13-17)19-9-6-16(7-10-19)15-31-22-5-1-3-18-4-2-12-26-23(18)22/h1-7,9-10,12,17,20-21H,8,11,13-15H2,(H,28,30)(H2,27,29,32)/t17-,20+,21+/m1/s1. The van der Waals surface area contributed by atoms with Crippen LogP contribution in [0.1, 0.15) is 41.6 Å². The Balaban J connectivity index is 1.11. The van der Waals surface area contributed by atoms with Gasteiger partial charge in [0.1, 0.15) is 17.9 Å². The van der Waals surface area contributed by atoms with E-state index in [0.717, 1.165) is 34.1 Å². The lowest BCUT2D eigenvalue weighted by Crippen LogP contribution is -2.50. The molecule has 1 heterocycles. The number of pyridine rings is 1. The van der Waals surface area contributed by atoms with Crippen LogP contribution >= 0.6 is 12.2 Å². The van der Waals surface area contributed by atoms with Crippen LogP contribution in [0.2, 0.25) is 0 Å². The summed E-state index contributed by atoms with van der Waals surface area (Å²) in [5, 5.41) is 4.87. The average Bonchev–Trinajstić information content (AvgIpc) is 3.45. The molecule has 1 aromatic heterocycles. The van der Waals surface area contributed by atoms with Crippen LogP contribution in [-0.2, 0) is 6.61 Å². The minimum Gasteiger partial charge on any atom is -0.487 e. The number of aromatic nitrogens is 1. The SMILES string of the molecule is O=C(NNC(=S)N[C@H]1C[C@@H]2CC[C@H]1C2)c1ccc(COc2cccc3cccnc23)cc1. The number of carbonyl (C=O) groups is 1. The maximum Gasteiger partial charge on any atom is 0.269 e. The molecule has 0 saturated heterocycles. The van der Waals surface area contributed by atoms with Gasteiger partial charge < -0.3 is 10.1 Å². The Morgan fingerprint density at radius 2 is 1.88 bits per heavy atom. The molecule has 3 N–H and O–H groups in total. The van der Waals surface area contributed by atoms with Crippen molar-refractivity contribution in [1.29, 1.82) is 0 Å². The van der Waals surface area contributed by atoms with Crippen LogP contribution in [0.25, 0.3) is 10.9 Å². The Bertz CT molecular complexity index is 1130. The maximum absolute atomic E-state index is 12.5. The van der Waals surface area contributed by atoms with Crippen molar-refractivity contribution in [3.63, 3.8) is 0 Å². The number of thiocarbonyl (C=S) groups is 1. The molecule has 3 atom stereocenters. The molecule has 1 amide bonds. The second-order valence-corrected chi connectivity index (χ2v) is 9.06. The van der Waals surface area contributed by atoms with Crippen LogP contribution in [-0.4, -0.2) is 22.0 Å². The summed E-state index contributed by atoms with van der Waals surface area (Å²) in [6.45, 7) is 0.396. The number of hydrazine groups is 1. The molecule has 164 valence electrons. The Hall–Kier alpha value is -3.19. The van der Waals surface area contributed by atoms with Crippen molar-refractivity contribution in [1.82, 2.24) is 21.2 Å². The Morgan fingerprint density at radius 3 is 2.66 bits per heavy atom. The topological polar surface area (TPSA) is 75.3 Å². The quantitative estimate of drug-likeness (QED) is 0.405. The van der Waals surface area contributed by atoms with Gasteiger partial charge in [0.2, 0.25) is 0 Å². The zero-order chi connectivity index (χ0) is 21.9. The smallest absolute Gasteiger partial charge is 0.269 e. The number of fused-ring (bicyclic) bond motifs is 3. The fourth-order valence-corrected chi connectivity index (χ4v) is 5.12. The largest absolute Gasteiger partial charge is 0.487 e. The Kier molecular flexibility index (Phi) is 5.90. The minimum absolute atomic E-state index is 0.229. The molecule has 2 aliphatic carbocycles. The molecule has 0 aliphatic heterocycles. The van der Waals surface area contributed by atoms with E-state index < -0.39 is 0 Å². The highest BCUT2D eigenvalue weighted by atomic mass is 32.1. The van der Waals surface area contributed by atoms with Crippen molar-refractivity contribution in [2.24, 2.45) is 11.8 Å². The van der Waals surface area contributed by atoms with Gasteiger partial charge >= 0.3 is 0 Å². The van der Waals surface area contributed by atoms with E-state index in [9.17, 15) is 4.79 Å². The number of nitrogens with zero attached hydrogens (tertiary/aromatic N) is 1. The van der Waals surface area contributed by atoms with Crippen LogP contribution in [0, 0.1) is 11.8 Å². The highest BCUT2D eigenvalue weighted by molar-refractivity contribution is 7.80. The molecule has 6 nitrogen and oxygen atoms in total. The fraction of sp³-hybridized carbons (Fsp3) is 0.320. The lowest BCUT2D eigenvalue weighted by atomic mass is 9.96. The van der Waals surface area contributed by atoms with Gasteiger partial charge in [-0.3, -0.25) is 20.6 Å². The number of ether oxygens (including phenoxy) is 1. The fourth-order valence-electron chi connectivity index (χ4n) is 4.92. The van der Waals surface area contributed by atoms with E-state index in [2.05, 4.69) is 21.2 Å². The van der Waals surface area contributed by atoms with E-state index in [0.29, 0.717) is 23.3 Å². The number of rotatable bonds is 5. The monoisotopic (exact) mass is 446 g/mol. The van der Waals surface area contributed by atoms with E-state index in [1.54, 1.807) is 18.3 Å². The van der Waals surface area contributed by atoms with Gasteiger partial charge in [0.15, 0.2) is 5.11 Å². The van der Waals surface area contributed by atoms with E-state index in [1.165, 1.54) is 25.7 Å². The third kappa shape index (κ3) is 4.53. The zero-order valence-corrected chi connectivity index (χ0v) is 18.5. The summed E-state index contributed by atoms with van der Waals surface area (Å²) in [4.78, 5) is 16.9. The molecule has 7 heteroatoms. The van der Waals surface area contributed by atoms with Gasteiger partial charge in [-0.15, -0.1) is 0 Å². The first-order chi connectivity index (χ1) is 15.7. The average molecular weight is 447 g/mol. The summed E-state index contributed by atoms with van der Waals surface area (Å²) >= 11 is 5.35. The highest BCUT2D eigenvalue weighted by Gasteiger charge is 2.39. The van der Waals surface area contributed by atoms with Crippen LogP contribution in [0.3, 0.4) is 0 Å². The van der Waals surface area contributed by atoms with Crippen molar-refractivity contribution in [3.8, 4) is 5.75 Å². The van der Waals surface area contributed by atoms with Gasteiger partial charge in [0.25, 0.3) is 5.91 Å². The second-order valence-electron chi connectivity index (χ2n) is 8.65. The highest BCUT2D eigenvalue weighted by Crippen LogP contribution is 2.44.